The highest BCUT2D eigenvalue weighted by Crippen LogP contribution is 2.33. The molecule has 0 aliphatic heterocycles. The van der Waals surface area contributed by atoms with E-state index in [0.29, 0.717) is 0 Å². The minimum atomic E-state index is 0.732. The molecule has 8 nitrogen and oxygen atoms in total. The van der Waals surface area contributed by atoms with Gasteiger partial charge in [0.05, 0.1) is 5.69 Å². The molecule has 0 atom stereocenters. The van der Waals surface area contributed by atoms with Gasteiger partial charge < -0.3 is 9.88 Å². The van der Waals surface area contributed by atoms with Crippen LogP contribution in [0.4, 0.5) is 0 Å². The predicted molar refractivity (Wildman–Crippen MR) is 133 cm³/mol. The quantitative estimate of drug-likeness (QED) is 0.399. The minimum absolute atomic E-state index is 0.732. The lowest BCUT2D eigenvalue weighted by Crippen LogP contribution is -2.10. The van der Waals surface area contributed by atoms with Crippen molar-refractivity contribution in [2.24, 2.45) is 0 Å². The number of rotatable bonds is 5. The highest BCUT2D eigenvalue weighted by atomic mass is 15.2. The van der Waals surface area contributed by atoms with Crippen LogP contribution in [0.5, 0.6) is 0 Å². The smallest absolute Gasteiger partial charge is 0.155 e. The van der Waals surface area contributed by atoms with Crippen molar-refractivity contribution in [3.63, 3.8) is 0 Å². The molecule has 0 bridgehead atoms. The van der Waals surface area contributed by atoms with E-state index in [2.05, 4.69) is 58.2 Å². The summed E-state index contributed by atoms with van der Waals surface area (Å²) >= 11 is 0. The standard InChI is InChI=1S/C26H22N8/c1-34(2)15-16-8-18(13-28-11-16)19-9-22-24(32-33-26(22)30-14-19)23-10-21-20(5-7-29-25(21)31-23)17-4-3-6-27-12-17/h3-14H,15H2,1-2H3,(H,29,31)(H,30,32,33). The summed E-state index contributed by atoms with van der Waals surface area (Å²) in [5.41, 5.74) is 8.50. The Kier molecular flexibility index (Phi) is 4.85. The first-order valence-corrected chi connectivity index (χ1v) is 11.0. The minimum Gasteiger partial charge on any atom is -0.338 e. The maximum atomic E-state index is 4.62. The first kappa shape index (κ1) is 20.2. The summed E-state index contributed by atoms with van der Waals surface area (Å²) in [4.78, 5) is 23.4. The Morgan fingerprint density at radius 2 is 1.68 bits per heavy atom. The van der Waals surface area contributed by atoms with Crippen molar-refractivity contribution in [3.8, 4) is 33.6 Å². The maximum absolute atomic E-state index is 4.62. The van der Waals surface area contributed by atoms with E-state index in [4.69, 9.17) is 0 Å². The predicted octanol–water partition coefficient (Wildman–Crippen LogP) is 4.69. The Balaban J connectivity index is 1.45. The third-order valence-electron chi connectivity index (χ3n) is 5.80. The van der Waals surface area contributed by atoms with E-state index in [0.717, 1.165) is 67.8 Å². The van der Waals surface area contributed by atoms with Gasteiger partial charge in [0, 0.05) is 71.2 Å². The van der Waals surface area contributed by atoms with Gasteiger partial charge in [-0.3, -0.25) is 15.1 Å². The molecule has 0 unspecified atom stereocenters. The van der Waals surface area contributed by atoms with Gasteiger partial charge in [-0.05, 0) is 55.6 Å². The van der Waals surface area contributed by atoms with E-state index in [-0.39, 0.29) is 0 Å². The summed E-state index contributed by atoms with van der Waals surface area (Å²) in [6.07, 6.45) is 11.1. The molecule has 34 heavy (non-hydrogen) atoms. The van der Waals surface area contributed by atoms with Gasteiger partial charge in [0.2, 0.25) is 0 Å². The average molecular weight is 447 g/mol. The second-order valence-electron chi connectivity index (χ2n) is 8.56. The van der Waals surface area contributed by atoms with Crippen LogP contribution in [0.25, 0.3) is 55.7 Å². The number of hydrogen-bond donors (Lipinski definition) is 2. The van der Waals surface area contributed by atoms with Crippen LogP contribution in [0.1, 0.15) is 5.56 Å². The zero-order valence-electron chi connectivity index (χ0n) is 18.8. The summed E-state index contributed by atoms with van der Waals surface area (Å²) in [6, 6.07) is 12.3. The van der Waals surface area contributed by atoms with Crippen LogP contribution in [-0.2, 0) is 6.54 Å². The average Bonchev–Trinajstić information content (AvgIpc) is 3.48. The number of aromatic amines is 2. The van der Waals surface area contributed by atoms with Gasteiger partial charge in [-0.2, -0.15) is 5.10 Å². The second-order valence-corrected chi connectivity index (χ2v) is 8.56. The Morgan fingerprint density at radius 1 is 0.794 bits per heavy atom. The third kappa shape index (κ3) is 3.60. The molecule has 6 heterocycles. The van der Waals surface area contributed by atoms with E-state index in [1.165, 1.54) is 0 Å². The van der Waals surface area contributed by atoms with Gasteiger partial charge in [0.15, 0.2) is 5.65 Å². The molecule has 8 heteroatoms. The number of fused-ring (bicyclic) bond motifs is 2. The van der Waals surface area contributed by atoms with Crippen LogP contribution in [0, 0.1) is 0 Å². The van der Waals surface area contributed by atoms with Gasteiger partial charge in [-0.15, -0.1) is 0 Å². The fourth-order valence-electron chi connectivity index (χ4n) is 4.29. The van der Waals surface area contributed by atoms with Crippen LogP contribution in [-0.4, -0.2) is 54.1 Å². The Hall–Kier alpha value is -4.43. The van der Waals surface area contributed by atoms with Crippen molar-refractivity contribution >= 4 is 22.1 Å². The molecule has 0 aliphatic rings. The SMILES string of the molecule is CN(C)Cc1cncc(-c2cnc3[nH]nc(-c4cc5c(-c6cccnc6)ccnc5[nH]4)c3c2)c1. The third-order valence-corrected chi connectivity index (χ3v) is 5.80. The molecule has 6 aromatic heterocycles. The van der Waals surface area contributed by atoms with Crippen molar-refractivity contribution < 1.29 is 0 Å². The molecule has 0 amide bonds. The van der Waals surface area contributed by atoms with E-state index in [1.54, 1.807) is 12.4 Å². The summed E-state index contributed by atoms with van der Waals surface area (Å²) in [7, 11) is 4.10. The monoisotopic (exact) mass is 446 g/mol. The van der Waals surface area contributed by atoms with Crippen molar-refractivity contribution in [2.45, 2.75) is 6.54 Å². The van der Waals surface area contributed by atoms with Crippen molar-refractivity contribution in [3.05, 3.63) is 79.1 Å². The maximum Gasteiger partial charge on any atom is 0.155 e. The van der Waals surface area contributed by atoms with Gasteiger partial charge in [0.25, 0.3) is 0 Å². The molecule has 6 rings (SSSR count). The molecule has 0 aliphatic carbocycles. The van der Waals surface area contributed by atoms with E-state index in [1.807, 2.05) is 57.1 Å². The first-order valence-electron chi connectivity index (χ1n) is 11.0. The van der Waals surface area contributed by atoms with E-state index < -0.39 is 0 Å². The second kappa shape index (κ2) is 8.17. The molecule has 0 saturated carbocycles. The zero-order chi connectivity index (χ0) is 23.1. The van der Waals surface area contributed by atoms with E-state index in [9.17, 15) is 0 Å². The highest BCUT2D eigenvalue weighted by molar-refractivity contribution is 5.99. The fraction of sp³-hybridized carbons (Fsp3) is 0.115. The summed E-state index contributed by atoms with van der Waals surface area (Å²) < 4.78 is 0. The number of H-pyrrole nitrogens is 2. The lowest BCUT2D eigenvalue weighted by atomic mass is 10.0. The molecule has 0 fully saturated rings. The van der Waals surface area contributed by atoms with Crippen LogP contribution < -0.4 is 0 Å². The van der Waals surface area contributed by atoms with Gasteiger partial charge in [-0.25, -0.2) is 9.97 Å². The Morgan fingerprint density at radius 3 is 2.53 bits per heavy atom. The van der Waals surface area contributed by atoms with Crippen molar-refractivity contribution in [1.29, 1.82) is 0 Å². The Bertz CT molecular complexity index is 1610. The number of nitrogens with one attached hydrogen (secondary N) is 2. The molecule has 0 radical (unpaired) electrons. The molecule has 2 N–H and O–H groups in total. The number of pyridine rings is 4. The largest absolute Gasteiger partial charge is 0.338 e. The van der Waals surface area contributed by atoms with Crippen LogP contribution in [0.3, 0.4) is 0 Å². The molecule has 6 aromatic rings. The topological polar surface area (TPSA) is 99.3 Å². The highest BCUT2D eigenvalue weighted by Gasteiger charge is 2.16. The molecule has 0 saturated heterocycles. The lowest BCUT2D eigenvalue weighted by molar-refractivity contribution is 0.402. The Labute approximate surface area is 195 Å². The number of nitrogens with zero attached hydrogens (tertiary/aromatic N) is 6. The lowest BCUT2D eigenvalue weighted by Gasteiger charge is -2.10. The van der Waals surface area contributed by atoms with Crippen molar-refractivity contribution in [1.82, 2.24) is 40.0 Å². The number of hydrogen-bond acceptors (Lipinski definition) is 6. The zero-order valence-corrected chi connectivity index (χ0v) is 18.8. The van der Waals surface area contributed by atoms with Crippen LogP contribution in [0.2, 0.25) is 0 Å². The van der Waals surface area contributed by atoms with Crippen LogP contribution >= 0.6 is 0 Å². The van der Waals surface area contributed by atoms with Gasteiger partial charge >= 0.3 is 0 Å². The molecular weight excluding hydrogens is 424 g/mol. The summed E-state index contributed by atoms with van der Waals surface area (Å²) in [6.45, 7) is 0.828. The van der Waals surface area contributed by atoms with E-state index >= 15 is 0 Å². The van der Waals surface area contributed by atoms with Gasteiger partial charge in [0.1, 0.15) is 11.3 Å². The van der Waals surface area contributed by atoms with Crippen LogP contribution in [0.15, 0.2) is 73.6 Å². The first-order chi connectivity index (χ1) is 16.7. The van der Waals surface area contributed by atoms with Crippen molar-refractivity contribution in [2.75, 3.05) is 14.1 Å². The fourth-order valence-corrected chi connectivity index (χ4v) is 4.29. The summed E-state index contributed by atoms with van der Waals surface area (Å²) in [5.74, 6) is 0. The molecule has 0 spiro atoms. The molecular formula is C26H22N8. The summed E-state index contributed by atoms with van der Waals surface area (Å²) in [5, 5.41) is 9.59. The molecule has 166 valence electrons. The molecule has 0 aromatic carbocycles. The van der Waals surface area contributed by atoms with Gasteiger partial charge in [-0.1, -0.05) is 6.07 Å². The number of aromatic nitrogens is 7. The normalized spacial score (nSPS) is 11.6.